The molecule has 3 aliphatic heterocycles. The zero-order valence-corrected chi connectivity index (χ0v) is 14.8. The highest BCUT2D eigenvalue weighted by Gasteiger charge is 2.49. The highest BCUT2D eigenvalue weighted by atomic mass is 16.5. The highest BCUT2D eigenvalue weighted by Crippen LogP contribution is 2.37. The molecular formula is C19H27N3O2. The fourth-order valence-electron chi connectivity index (χ4n) is 4.01. The van der Waals surface area contributed by atoms with Crippen LogP contribution in [0.15, 0.2) is 12.1 Å². The number of aromatic nitrogens is 1. The summed E-state index contributed by atoms with van der Waals surface area (Å²) in [5.41, 5.74) is 3.97. The SMILES string of the molecule is CCC(C)c1ccc2c(n1)CCN(C(=O)CN1CC3(COC3)C1)C2. The Morgan fingerprint density at radius 2 is 2.17 bits per heavy atom. The topological polar surface area (TPSA) is 45.7 Å². The molecule has 5 nitrogen and oxygen atoms in total. The van der Waals surface area contributed by atoms with E-state index in [2.05, 4.69) is 30.9 Å². The van der Waals surface area contributed by atoms with Gasteiger partial charge in [-0.05, 0) is 24.0 Å². The Hall–Kier alpha value is -1.46. The summed E-state index contributed by atoms with van der Waals surface area (Å²) in [6, 6.07) is 4.31. The summed E-state index contributed by atoms with van der Waals surface area (Å²) < 4.78 is 5.29. The summed E-state index contributed by atoms with van der Waals surface area (Å²) in [5, 5.41) is 0. The maximum absolute atomic E-state index is 12.6. The first-order chi connectivity index (χ1) is 11.6. The molecule has 0 N–H and O–H groups in total. The first-order valence-electron chi connectivity index (χ1n) is 9.15. The number of carbonyl (C=O) groups is 1. The minimum Gasteiger partial charge on any atom is -0.380 e. The molecule has 130 valence electrons. The van der Waals surface area contributed by atoms with Crippen molar-refractivity contribution in [3.63, 3.8) is 0 Å². The number of ether oxygens (including phenoxy) is 1. The largest absolute Gasteiger partial charge is 0.380 e. The molecule has 0 saturated carbocycles. The number of likely N-dealkylation sites (tertiary alicyclic amines) is 1. The van der Waals surface area contributed by atoms with Crippen molar-refractivity contribution < 1.29 is 9.53 Å². The monoisotopic (exact) mass is 329 g/mol. The van der Waals surface area contributed by atoms with E-state index in [1.807, 2.05) is 4.90 Å². The predicted octanol–water partition coefficient (Wildman–Crippen LogP) is 1.81. The average Bonchev–Trinajstić information content (AvgIpc) is 2.54. The average molecular weight is 329 g/mol. The van der Waals surface area contributed by atoms with Gasteiger partial charge in [0, 0.05) is 49.4 Å². The summed E-state index contributed by atoms with van der Waals surface area (Å²) in [7, 11) is 0. The third kappa shape index (κ3) is 2.84. The van der Waals surface area contributed by atoms with Crippen molar-refractivity contribution in [2.24, 2.45) is 5.41 Å². The lowest BCUT2D eigenvalue weighted by Crippen LogP contribution is -2.67. The minimum absolute atomic E-state index is 0.252. The van der Waals surface area contributed by atoms with Gasteiger partial charge in [-0.25, -0.2) is 0 Å². The molecule has 1 unspecified atom stereocenters. The van der Waals surface area contributed by atoms with E-state index in [0.717, 1.165) is 45.7 Å². The molecule has 1 aromatic heterocycles. The molecule has 0 radical (unpaired) electrons. The van der Waals surface area contributed by atoms with Gasteiger partial charge in [0.25, 0.3) is 0 Å². The van der Waals surface area contributed by atoms with E-state index in [-0.39, 0.29) is 5.91 Å². The molecule has 1 amide bonds. The summed E-state index contributed by atoms with van der Waals surface area (Å²) in [6.45, 7) is 10.3. The van der Waals surface area contributed by atoms with Crippen molar-refractivity contribution >= 4 is 5.91 Å². The van der Waals surface area contributed by atoms with Crippen molar-refractivity contribution in [2.45, 2.75) is 39.2 Å². The zero-order valence-electron chi connectivity index (χ0n) is 14.8. The van der Waals surface area contributed by atoms with Gasteiger partial charge in [-0.1, -0.05) is 19.9 Å². The normalized spacial score (nSPS) is 23.3. The molecule has 0 aliphatic carbocycles. The molecule has 0 bridgehead atoms. The Kier molecular flexibility index (Phi) is 4.09. The van der Waals surface area contributed by atoms with Crippen LogP contribution in [0.5, 0.6) is 0 Å². The van der Waals surface area contributed by atoms with Crippen molar-refractivity contribution in [2.75, 3.05) is 39.4 Å². The first kappa shape index (κ1) is 16.0. The molecule has 3 aliphatic rings. The van der Waals surface area contributed by atoms with E-state index in [4.69, 9.17) is 9.72 Å². The van der Waals surface area contributed by atoms with Gasteiger partial charge in [0.15, 0.2) is 0 Å². The van der Waals surface area contributed by atoms with E-state index in [9.17, 15) is 4.79 Å². The smallest absolute Gasteiger partial charge is 0.237 e. The third-order valence-electron chi connectivity index (χ3n) is 5.83. The van der Waals surface area contributed by atoms with Crippen LogP contribution in [0, 0.1) is 5.41 Å². The Morgan fingerprint density at radius 1 is 1.38 bits per heavy atom. The summed E-state index contributed by atoms with van der Waals surface area (Å²) in [4.78, 5) is 21.7. The Morgan fingerprint density at radius 3 is 2.83 bits per heavy atom. The van der Waals surface area contributed by atoms with Crippen molar-refractivity contribution in [1.82, 2.24) is 14.8 Å². The van der Waals surface area contributed by atoms with Gasteiger partial charge in [0.2, 0.25) is 5.91 Å². The Labute approximate surface area is 144 Å². The van der Waals surface area contributed by atoms with E-state index < -0.39 is 0 Å². The number of carbonyl (C=O) groups excluding carboxylic acids is 1. The van der Waals surface area contributed by atoms with E-state index >= 15 is 0 Å². The number of fused-ring (bicyclic) bond motifs is 1. The molecule has 0 aromatic carbocycles. The second kappa shape index (κ2) is 6.12. The fraction of sp³-hybridized carbons (Fsp3) is 0.684. The maximum Gasteiger partial charge on any atom is 0.237 e. The number of rotatable bonds is 4. The Bertz CT molecular complexity index is 633. The number of nitrogens with zero attached hydrogens (tertiary/aromatic N) is 3. The molecule has 24 heavy (non-hydrogen) atoms. The van der Waals surface area contributed by atoms with Crippen LogP contribution in [0.1, 0.15) is 43.1 Å². The molecule has 1 aromatic rings. The molecule has 4 rings (SSSR count). The van der Waals surface area contributed by atoms with Crippen LogP contribution in [-0.4, -0.2) is 60.1 Å². The summed E-state index contributed by atoms with van der Waals surface area (Å²) in [5.74, 6) is 0.755. The molecular weight excluding hydrogens is 302 g/mol. The second-order valence-electron chi connectivity index (χ2n) is 7.85. The van der Waals surface area contributed by atoms with E-state index in [1.165, 1.54) is 17.0 Å². The molecule has 4 heterocycles. The van der Waals surface area contributed by atoms with Crippen molar-refractivity contribution in [3.05, 3.63) is 29.1 Å². The predicted molar refractivity (Wildman–Crippen MR) is 91.8 cm³/mol. The number of hydrogen-bond donors (Lipinski definition) is 0. The molecule has 1 atom stereocenters. The maximum atomic E-state index is 12.6. The number of pyridine rings is 1. The number of amides is 1. The molecule has 1 spiro atoms. The van der Waals surface area contributed by atoms with E-state index in [0.29, 0.717) is 24.4 Å². The first-order valence-corrected chi connectivity index (χ1v) is 9.15. The highest BCUT2D eigenvalue weighted by molar-refractivity contribution is 5.78. The van der Waals surface area contributed by atoms with Gasteiger partial charge in [0.05, 0.1) is 19.8 Å². The van der Waals surface area contributed by atoms with Crippen LogP contribution in [0.3, 0.4) is 0 Å². The van der Waals surface area contributed by atoms with Crippen molar-refractivity contribution in [1.29, 1.82) is 0 Å². The van der Waals surface area contributed by atoms with Gasteiger partial charge in [-0.3, -0.25) is 14.7 Å². The van der Waals surface area contributed by atoms with Crippen LogP contribution in [-0.2, 0) is 22.5 Å². The zero-order chi connectivity index (χ0) is 16.7. The third-order valence-corrected chi connectivity index (χ3v) is 5.83. The Balaban J connectivity index is 1.35. The summed E-state index contributed by atoms with van der Waals surface area (Å²) >= 11 is 0. The second-order valence-corrected chi connectivity index (χ2v) is 7.85. The molecule has 2 fully saturated rings. The van der Waals surface area contributed by atoms with Gasteiger partial charge in [-0.2, -0.15) is 0 Å². The van der Waals surface area contributed by atoms with Crippen molar-refractivity contribution in [3.8, 4) is 0 Å². The quantitative estimate of drug-likeness (QED) is 0.845. The van der Waals surface area contributed by atoms with Crippen LogP contribution >= 0.6 is 0 Å². The minimum atomic E-state index is 0.252. The standard InChI is InChI=1S/C19H27N3O2/c1-3-14(2)16-5-4-15-8-22(7-6-17(15)20-16)18(23)9-21-10-19(11-21)12-24-13-19/h4-5,14H,3,6-13H2,1-2H3. The van der Waals surface area contributed by atoms with Crippen LogP contribution < -0.4 is 0 Å². The summed E-state index contributed by atoms with van der Waals surface area (Å²) in [6.07, 6.45) is 1.99. The lowest BCUT2D eigenvalue weighted by atomic mass is 9.78. The van der Waals surface area contributed by atoms with Crippen LogP contribution in [0.25, 0.3) is 0 Å². The van der Waals surface area contributed by atoms with Gasteiger partial charge >= 0.3 is 0 Å². The lowest BCUT2D eigenvalue weighted by Gasteiger charge is -2.55. The van der Waals surface area contributed by atoms with Crippen LogP contribution in [0.2, 0.25) is 0 Å². The van der Waals surface area contributed by atoms with Gasteiger partial charge in [0.1, 0.15) is 0 Å². The molecule has 2 saturated heterocycles. The lowest BCUT2D eigenvalue weighted by molar-refractivity contribution is -0.191. The van der Waals surface area contributed by atoms with Crippen LogP contribution in [0.4, 0.5) is 0 Å². The molecule has 5 heteroatoms. The van der Waals surface area contributed by atoms with Gasteiger partial charge in [-0.15, -0.1) is 0 Å². The van der Waals surface area contributed by atoms with E-state index in [1.54, 1.807) is 0 Å². The fourth-order valence-corrected chi connectivity index (χ4v) is 4.01. The number of hydrogen-bond acceptors (Lipinski definition) is 4. The van der Waals surface area contributed by atoms with Gasteiger partial charge < -0.3 is 9.64 Å².